The van der Waals surface area contributed by atoms with Crippen LogP contribution < -0.4 is 0 Å². The van der Waals surface area contributed by atoms with Crippen LogP contribution >= 0.6 is 11.3 Å². The maximum absolute atomic E-state index is 10.9. The van der Waals surface area contributed by atoms with Gasteiger partial charge in [0.05, 0.1) is 15.8 Å². The Bertz CT molecular complexity index is 1080. The Morgan fingerprint density at radius 2 is 1.75 bits per heavy atom. The lowest BCUT2D eigenvalue weighted by Gasteiger charge is -1.96. The minimum atomic E-state index is -0.913. The lowest BCUT2D eigenvalue weighted by molar-refractivity contribution is 0.0697. The predicted octanol–water partition coefficient (Wildman–Crippen LogP) is 5.32. The Morgan fingerprint density at radius 1 is 0.958 bits per heavy atom. The van der Waals surface area contributed by atoms with Crippen LogP contribution in [0.5, 0.6) is 0 Å². The number of carboxylic acid groups (broad SMARTS) is 1. The Hall–Kier alpha value is -2.98. The van der Waals surface area contributed by atoms with Crippen molar-refractivity contribution >= 4 is 50.4 Å². The maximum atomic E-state index is 10.9. The van der Waals surface area contributed by atoms with Gasteiger partial charge in [-0.1, -0.05) is 48.5 Å². The molecule has 4 heteroatoms. The zero-order chi connectivity index (χ0) is 16.5. The quantitative estimate of drug-likeness (QED) is 0.553. The SMILES string of the molecule is O=C(O)c1ccc(/C=C/c2nc3c(ccc4ccccc43)s2)cc1. The first-order valence-electron chi connectivity index (χ1n) is 7.50. The molecule has 0 bridgehead atoms. The molecule has 0 saturated carbocycles. The van der Waals surface area contributed by atoms with Crippen molar-refractivity contribution in [1.29, 1.82) is 0 Å². The summed E-state index contributed by atoms with van der Waals surface area (Å²) in [4.78, 5) is 15.6. The summed E-state index contributed by atoms with van der Waals surface area (Å²) in [6.45, 7) is 0. The average molecular weight is 331 g/mol. The molecule has 1 aromatic heterocycles. The van der Waals surface area contributed by atoms with Crippen LogP contribution in [-0.4, -0.2) is 16.1 Å². The number of rotatable bonds is 3. The number of aromatic carboxylic acids is 1. The van der Waals surface area contributed by atoms with Gasteiger partial charge >= 0.3 is 5.97 Å². The molecule has 0 atom stereocenters. The lowest BCUT2D eigenvalue weighted by atomic mass is 10.1. The van der Waals surface area contributed by atoms with Crippen LogP contribution in [0, 0.1) is 0 Å². The molecule has 4 rings (SSSR count). The molecule has 0 spiro atoms. The first-order chi connectivity index (χ1) is 11.7. The highest BCUT2D eigenvalue weighted by molar-refractivity contribution is 7.19. The van der Waals surface area contributed by atoms with E-state index >= 15 is 0 Å². The molecule has 0 aliphatic carbocycles. The number of carbonyl (C=O) groups is 1. The van der Waals surface area contributed by atoms with Gasteiger partial charge in [0.25, 0.3) is 0 Å². The molecule has 0 saturated heterocycles. The second kappa shape index (κ2) is 5.91. The summed E-state index contributed by atoms with van der Waals surface area (Å²) >= 11 is 1.65. The maximum Gasteiger partial charge on any atom is 0.335 e. The summed E-state index contributed by atoms with van der Waals surface area (Å²) in [6, 6.07) is 19.3. The van der Waals surface area contributed by atoms with Gasteiger partial charge in [0.15, 0.2) is 0 Å². The highest BCUT2D eigenvalue weighted by Gasteiger charge is 2.05. The largest absolute Gasteiger partial charge is 0.478 e. The number of hydrogen-bond donors (Lipinski definition) is 1. The summed E-state index contributed by atoms with van der Waals surface area (Å²) in [5.74, 6) is -0.913. The van der Waals surface area contributed by atoms with Crippen molar-refractivity contribution in [1.82, 2.24) is 4.98 Å². The monoisotopic (exact) mass is 331 g/mol. The summed E-state index contributed by atoms with van der Waals surface area (Å²) < 4.78 is 1.16. The van der Waals surface area contributed by atoms with Gasteiger partial charge in [-0.2, -0.15) is 0 Å². The van der Waals surface area contributed by atoms with Crippen molar-refractivity contribution in [3.05, 3.63) is 76.8 Å². The zero-order valence-electron chi connectivity index (χ0n) is 12.6. The van der Waals surface area contributed by atoms with E-state index in [-0.39, 0.29) is 0 Å². The van der Waals surface area contributed by atoms with Gasteiger partial charge in [0, 0.05) is 5.39 Å². The third-order valence-electron chi connectivity index (χ3n) is 3.88. The van der Waals surface area contributed by atoms with Gasteiger partial charge in [0.2, 0.25) is 0 Å². The van der Waals surface area contributed by atoms with Crippen molar-refractivity contribution in [2.75, 3.05) is 0 Å². The zero-order valence-corrected chi connectivity index (χ0v) is 13.5. The van der Waals surface area contributed by atoms with Crippen LogP contribution in [0.3, 0.4) is 0 Å². The topological polar surface area (TPSA) is 50.2 Å². The van der Waals surface area contributed by atoms with Crippen molar-refractivity contribution in [2.24, 2.45) is 0 Å². The molecule has 1 N–H and O–H groups in total. The average Bonchev–Trinajstić information content (AvgIpc) is 3.04. The minimum absolute atomic E-state index is 0.290. The molecule has 0 unspecified atom stereocenters. The van der Waals surface area contributed by atoms with Crippen LogP contribution in [0.4, 0.5) is 0 Å². The van der Waals surface area contributed by atoms with Crippen LogP contribution in [0.15, 0.2) is 60.7 Å². The molecule has 24 heavy (non-hydrogen) atoms. The second-order valence-electron chi connectivity index (χ2n) is 5.45. The molecule has 0 amide bonds. The van der Waals surface area contributed by atoms with Crippen molar-refractivity contribution in [3.63, 3.8) is 0 Å². The van der Waals surface area contributed by atoms with Gasteiger partial charge in [-0.15, -0.1) is 11.3 Å². The van der Waals surface area contributed by atoms with E-state index in [2.05, 4.69) is 24.3 Å². The Labute approximate surface area is 142 Å². The van der Waals surface area contributed by atoms with E-state index in [1.165, 1.54) is 5.39 Å². The third-order valence-corrected chi connectivity index (χ3v) is 4.86. The Balaban J connectivity index is 1.69. The van der Waals surface area contributed by atoms with E-state index in [4.69, 9.17) is 10.1 Å². The fraction of sp³-hybridized carbons (Fsp3) is 0. The fourth-order valence-corrected chi connectivity index (χ4v) is 3.54. The van der Waals surface area contributed by atoms with Crippen LogP contribution in [0.1, 0.15) is 20.9 Å². The summed E-state index contributed by atoms with van der Waals surface area (Å²) in [7, 11) is 0. The second-order valence-corrected chi connectivity index (χ2v) is 6.51. The number of nitrogens with zero attached hydrogens (tertiary/aromatic N) is 1. The Morgan fingerprint density at radius 3 is 2.54 bits per heavy atom. The first-order valence-corrected chi connectivity index (χ1v) is 8.32. The number of carboxylic acids is 1. The summed E-state index contributed by atoms with van der Waals surface area (Å²) in [5, 5.41) is 12.2. The van der Waals surface area contributed by atoms with E-state index in [0.717, 1.165) is 26.2 Å². The molecule has 0 aliphatic rings. The summed E-state index contributed by atoms with van der Waals surface area (Å²) in [6.07, 6.45) is 3.92. The molecule has 1 heterocycles. The smallest absolute Gasteiger partial charge is 0.335 e. The highest BCUT2D eigenvalue weighted by Crippen LogP contribution is 2.30. The number of fused-ring (bicyclic) bond motifs is 3. The predicted molar refractivity (Wildman–Crippen MR) is 99.5 cm³/mol. The van der Waals surface area contributed by atoms with Gasteiger partial charge in [0.1, 0.15) is 5.01 Å². The van der Waals surface area contributed by atoms with Crippen LogP contribution in [0.25, 0.3) is 33.1 Å². The molecule has 0 aliphatic heterocycles. The highest BCUT2D eigenvalue weighted by atomic mass is 32.1. The van der Waals surface area contributed by atoms with Crippen molar-refractivity contribution in [2.45, 2.75) is 0 Å². The van der Waals surface area contributed by atoms with E-state index < -0.39 is 5.97 Å². The van der Waals surface area contributed by atoms with E-state index in [1.807, 2.05) is 24.3 Å². The Kier molecular flexibility index (Phi) is 3.59. The molecule has 0 radical (unpaired) electrons. The molecule has 3 aromatic carbocycles. The van der Waals surface area contributed by atoms with Crippen molar-refractivity contribution in [3.8, 4) is 0 Å². The van der Waals surface area contributed by atoms with Crippen LogP contribution in [-0.2, 0) is 0 Å². The molecule has 116 valence electrons. The number of thiazole rings is 1. The van der Waals surface area contributed by atoms with Crippen molar-refractivity contribution < 1.29 is 9.90 Å². The van der Waals surface area contributed by atoms with E-state index in [0.29, 0.717) is 5.56 Å². The van der Waals surface area contributed by atoms with Gasteiger partial charge in [-0.3, -0.25) is 0 Å². The third kappa shape index (κ3) is 2.68. The van der Waals surface area contributed by atoms with E-state index in [9.17, 15) is 4.79 Å². The van der Waals surface area contributed by atoms with Gasteiger partial charge in [-0.05, 0) is 35.2 Å². The minimum Gasteiger partial charge on any atom is -0.478 e. The lowest BCUT2D eigenvalue weighted by Crippen LogP contribution is -1.94. The van der Waals surface area contributed by atoms with Gasteiger partial charge < -0.3 is 5.11 Å². The first kappa shape index (κ1) is 14.6. The molecule has 4 aromatic rings. The van der Waals surface area contributed by atoms with Gasteiger partial charge in [-0.25, -0.2) is 9.78 Å². The standard InChI is InChI=1S/C20H13NO2S/c22-20(23)15-8-5-13(6-9-15)7-12-18-21-19-16-4-2-1-3-14(16)10-11-17(19)24-18/h1-12H,(H,22,23)/b12-7+. The number of benzene rings is 3. The molecule has 0 fully saturated rings. The molecular formula is C20H13NO2S. The van der Waals surface area contributed by atoms with E-state index in [1.54, 1.807) is 35.6 Å². The summed E-state index contributed by atoms with van der Waals surface area (Å²) in [5.41, 5.74) is 2.27. The number of aromatic nitrogens is 1. The van der Waals surface area contributed by atoms with Crippen LogP contribution in [0.2, 0.25) is 0 Å². The normalized spacial score (nSPS) is 11.5. The molecular weight excluding hydrogens is 318 g/mol. The fourth-order valence-electron chi connectivity index (χ4n) is 2.65. The number of hydrogen-bond acceptors (Lipinski definition) is 3. The molecule has 3 nitrogen and oxygen atoms in total.